The highest BCUT2D eigenvalue weighted by Gasteiger charge is 2.56. The van der Waals surface area contributed by atoms with E-state index in [0.29, 0.717) is 6.42 Å². The molecule has 0 saturated carbocycles. The molecule has 0 aromatic heterocycles. The van der Waals surface area contributed by atoms with Crippen molar-refractivity contribution in [3.8, 4) is 0 Å². The maximum Gasteiger partial charge on any atom is 0.311 e. The van der Waals surface area contributed by atoms with Gasteiger partial charge in [-0.25, -0.2) is 0 Å². The number of fused-ring (bicyclic) bond motifs is 2. The zero-order chi connectivity index (χ0) is 35.2. The van der Waals surface area contributed by atoms with Gasteiger partial charge in [0.15, 0.2) is 12.6 Å². The van der Waals surface area contributed by atoms with Gasteiger partial charge in [-0.3, -0.25) is 4.79 Å². The average molecular weight is 672 g/mol. The van der Waals surface area contributed by atoms with E-state index in [1.165, 1.54) is 0 Å². The highest BCUT2D eigenvalue weighted by molar-refractivity contribution is 5.73. The summed E-state index contributed by atoms with van der Waals surface area (Å²) in [5.74, 6) is -0.917. The van der Waals surface area contributed by atoms with Crippen LogP contribution in [0.1, 0.15) is 94.9 Å². The molecule has 4 saturated heterocycles. The number of aliphatic hydroxyl groups excluding tert-OH is 2. The lowest BCUT2D eigenvalue weighted by Crippen LogP contribution is -2.60. The molecule has 0 aromatic carbocycles. The van der Waals surface area contributed by atoms with Crippen LogP contribution in [0.2, 0.25) is 0 Å². The van der Waals surface area contributed by atoms with Gasteiger partial charge in [0, 0.05) is 25.5 Å². The first-order valence-electron chi connectivity index (χ1n) is 17.9. The van der Waals surface area contributed by atoms with Crippen LogP contribution in [0.15, 0.2) is 0 Å². The third-order valence-electron chi connectivity index (χ3n) is 11.9. The SMILES string of the molecule is COC1(C)CC(OC2[C@H](C)C(OC3O[C@H](C)CC(N(C)C)C3O)C3(C)CC(C)C(O3)[C@H](C)C[C@@H](C)[C@@H](C)OC(=O)[C@@H]2C)O[C@@H](C)C1O. The number of carbonyl (C=O) groups is 1. The monoisotopic (exact) mass is 671 g/mol. The normalized spacial score (nSPS) is 52.0. The summed E-state index contributed by atoms with van der Waals surface area (Å²) in [7, 11) is 5.48. The Hall–Kier alpha value is -0.890. The summed E-state index contributed by atoms with van der Waals surface area (Å²) in [5.41, 5.74) is -1.68. The maximum absolute atomic E-state index is 13.9. The van der Waals surface area contributed by atoms with Crippen molar-refractivity contribution in [3.05, 3.63) is 0 Å². The summed E-state index contributed by atoms with van der Waals surface area (Å²) in [6, 6.07) is -0.156. The smallest absolute Gasteiger partial charge is 0.311 e. The van der Waals surface area contributed by atoms with Crippen molar-refractivity contribution in [2.45, 2.75) is 174 Å². The van der Waals surface area contributed by atoms with E-state index in [0.717, 1.165) is 12.8 Å². The van der Waals surface area contributed by atoms with Crippen molar-refractivity contribution in [2.75, 3.05) is 21.2 Å². The van der Waals surface area contributed by atoms with Crippen molar-refractivity contribution < 1.29 is 48.2 Å². The Labute approximate surface area is 283 Å². The molecule has 4 fully saturated rings. The second-order valence-electron chi connectivity index (χ2n) is 16.2. The van der Waals surface area contributed by atoms with Crippen LogP contribution < -0.4 is 0 Å². The molecule has 0 amide bonds. The van der Waals surface area contributed by atoms with Gasteiger partial charge in [0.05, 0.1) is 47.6 Å². The van der Waals surface area contributed by atoms with E-state index in [-0.39, 0.29) is 54.5 Å². The molecule has 0 aliphatic carbocycles. The summed E-state index contributed by atoms with van der Waals surface area (Å²) in [6.45, 7) is 20.1. The Morgan fingerprint density at radius 3 is 2.13 bits per heavy atom. The van der Waals surface area contributed by atoms with Crippen LogP contribution in [0.25, 0.3) is 0 Å². The summed E-state index contributed by atoms with van der Waals surface area (Å²) < 4.78 is 45.2. The van der Waals surface area contributed by atoms with Crippen molar-refractivity contribution in [1.82, 2.24) is 4.90 Å². The van der Waals surface area contributed by atoms with Crippen LogP contribution in [0, 0.1) is 29.6 Å². The van der Waals surface area contributed by atoms with E-state index in [2.05, 4.69) is 27.7 Å². The number of hydrogen-bond acceptors (Lipinski definition) is 11. The van der Waals surface area contributed by atoms with E-state index >= 15 is 0 Å². The quantitative estimate of drug-likeness (QED) is 0.396. The van der Waals surface area contributed by atoms with Crippen molar-refractivity contribution >= 4 is 5.97 Å². The Bertz CT molecular complexity index is 1050. The van der Waals surface area contributed by atoms with Crippen LogP contribution >= 0.6 is 0 Å². The largest absolute Gasteiger partial charge is 0.462 e. The minimum Gasteiger partial charge on any atom is -0.462 e. The van der Waals surface area contributed by atoms with Crippen molar-refractivity contribution in [3.63, 3.8) is 0 Å². The maximum atomic E-state index is 13.9. The molecule has 4 aliphatic heterocycles. The first kappa shape index (κ1) is 38.9. The second kappa shape index (κ2) is 15.2. The second-order valence-corrected chi connectivity index (χ2v) is 16.2. The van der Waals surface area contributed by atoms with Crippen molar-refractivity contribution in [2.24, 2.45) is 29.6 Å². The lowest BCUT2D eigenvalue weighted by Gasteiger charge is -2.48. The summed E-state index contributed by atoms with van der Waals surface area (Å²) in [5, 5.41) is 22.4. The third-order valence-corrected chi connectivity index (χ3v) is 11.9. The van der Waals surface area contributed by atoms with Gasteiger partial charge in [0.1, 0.15) is 18.3 Å². The Morgan fingerprint density at radius 2 is 1.51 bits per heavy atom. The number of carbonyl (C=O) groups excluding carboxylic acids is 1. The van der Waals surface area contributed by atoms with Gasteiger partial charge in [-0.15, -0.1) is 0 Å². The number of cyclic esters (lactones) is 1. The lowest BCUT2D eigenvalue weighted by molar-refractivity contribution is -0.318. The molecule has 2 N–H and O–H groups in total. The van der Waals surface area contributed by atoms with Crippen LogP contribution in [-0.4, -0.2) is 121 Å². The molecule has 0 spiro atoms. The van der Waals surface area contributed by atoms with Crippen molar-refractivity contribution in [1.29, 1.82) is 0 Å². The molecule has 4 aliphatic rings. The van der Waals surface area contributed by atoms with Gasteiger partial charge in [0.25, 0.3) is 0 Å². The first-order chi connectivity index (χ1) is 21.8. The summed E-state index contributed by atoms with van der Waals surface area (Å²) >= 11 is 0. The fourth-order valence-corrected chi connectivity index (χ4v) is 8.81. The number of ether oxygens (including phenoxy) is 7. The van der Waals surface area contributed by atoms with Crippen LogP contribution in [0.3, 0.4) is 0 Å². The Kier molecular flexibility index (Phi) is 12.5. The molecule has 274 valence electrons. The zero-order valence-electron chi connectivity index (χ0n) is 31.2. The molecule has 11 nitrogen and oxygen atoms in total. The third kappa shape index (κ3) is 8.20. The lowest BCUT2D eigenvalue weighted by atomic mass is 9.77. The predicted molar refractivity (Wildman–Crippen MR) is 176 cm³/mol. The molecule has 11 unspecified atom stereocenters. The fraction of sp³-hybridized carbons (Fsp3) is 0.972. The minimum atomic E-state index is -0.915. The summed E-state index contributed by atoms with van der Waals surface area (Å²) in [4.78, 5) is 15.9. The number of rotatable bonds is 6. The van der Waals surface area contributed by atoms with Gasteiger partial charge < -0.3 is 48.3 Å². The molecule has 4 heterocycles. The van der Waals surface area contributed by atoms with E-state index in [9.17, 15) is 15.0 Å². The number of methoxy groups -OCH3 is 1. The fourth-order valence-electron chi connectivity index (χ4n) is 8.81. The Morgan fingerprint density at radius 1 is 0.851 bits per heavy atom. The molecular weight excluding hydrogens is 606 g/mol. The highest BCUT2D eigenvalue weighted by atomic mass is 16.7. The van der Waals surface area contributed by atoms with Crippen LogP contribution in [0.4, 0.5) is 0 Å². The number of aliphatic hydroxyl groups is 2. The number of likely N-dealkylation sites (N-methyl/N-ethyl adjacent to an activating group) is 1. The van der Waals surface area contributed by atoms with Gasteiger partial charge in [0.2, 0.25) is 0 Å². The van der Waals surface area contributed by atoms with Crippen LogP contribution in [-0.2, 0) is 38.0 Å². The highest BCUT2D eigenvalue weighted by Crippen LogP contribution is 2.47. The summed E-state index contributed by atoms with van der Waals surface area (Å²) in [6.07, 6.45) is -3.33. The average Bonchev–Trinajstić information content (AvgIpc) is 3.31. The van der Waals surface area contributed by atoms with Gasteiger partial charge in [-0.05, 0) is 92.7 Å². The molecule has 4 rings (SSSR count). The molecule has 18 atom stereocenters. The zero-order valence-corrected chi connectivity index (χ0v) is 31.2. The van der Waals surface area contributed by atoms with E-state index in [4.69, 9.17) is 33.2 Å². The standard InChI is InChI=1S/C36H65NO10/c1-18-14-19(2)29-20(3)16-36(10,47-29)32(46-34-28(38)26(37(11)12)15-21(4)42-34)22(5)30(23(6)33(40)44-24(18)7)45-27-17-35(9,41-13)31(39)25(8)43-27/h18-32,34,38-39H,14-17H2,1-13H3/t18-,19-,20?,21-,22+,23-,24-,25+,26?,27?,28?,29?,30?,31?,32?,34?,35?,36?/m1/s1. The van der Waals surface area contributed by atoms with E-state index in [1.807, 2.05) is 53.6 Å². The van der Waals surface area contributed by atoms with Gasteiger partial charge in [-0.2, -0.15) is 0 Å². The predicted octanol–water partition coefficient (Wildman–Crippen LogP) is 4.15. The van der Waals surface area contributed by atoms with Gasteiger partial charge in [-0.1, -0.05) is 27.7 Å². The molecule has 0 aromatic rings. The minimum absolute atomic E-state index is 0.0294. The molecular formula is C36H65NO10. The molecule has 47 heavy (non-hydrogen) atoms. The van der Waals surface area contributed by atoms with E-state index < -0.39 is 66.1 Å². The topological polar surface area (TPSA) is 125 Å². The molecule has 2 bridgehead atoms. The molecule has 0 radical (unpaired) electrons. The number of hydrogen-bond donors (Lipinski definition) is 2. The first-order valence-corrected chi connectivity index (χ1v) is 17.9. The van der Waals surface area contributed by atoms with Crippen LogP contribution in [0.5, 0.6) is 0 Å². The van der Waals surface area contributed by atoms with E-state index in [1.54, 1.807) is 14.0 Å². The Balaban J connectivity index is 1.78. The van der Waals surface area contributed by atoms with Gasteiger partial charge >= 0.3 is 5.97 Å². The molecule has 11 heteroatoms. The number of esters is 1. The number of nitrogens with zero attached hydrogens (tertiary/aromatic N) is 1.